The molecule has 0 bridgehead atoms. The second-order valence-corrected chi connectivity index (χ2v) is 11.7. The van der Waals surface area contributed by atoms with E-state index in [9.17, 15) is 44.6 Å². The lowest BCUT2D eigenvalue weighted by Gasteiger charge is -2.24. The predicted molar refractivity (Wildman–Crippen MR) is 163 cm³/mol. The average molecular weight is 683 g/mol. The van der Waals surface area contributed by atoms with Crippen LogP contribution in [0.3, 0.4) is 0 Å². The summed E-state index contributed by atoms with van der Waals surface area (Å²) in [5.41, 5.74) is -0.771. The first-order chi connectivity index (χ1) is 22.1. The predicted octanol–water partition coefficient (Wildman–Crippen LogP) is 10.3. The molecule has 13 heteroatoms. The number of nitrogens with one attached hydrogen (secondary N) is 1. The van der Waals surface area contributed by atoms with Crippen LogP contribution in [0.25, 0.3) is 22.3 Å². The lowest BCUT2D eigenvalue weighted by Crippen LogP contribution is -2.22. The number of alkyl halides is 9. The first kappa shape index (κ1) is 36.4. The highest BCUT2D eigenvalue weighted by atomic mass is 19.4. The summed E-state index contributed by atoms with van der Waals surface area (Å²) >= 11 is 0. The van der Waals surface area contributed by atoms with Crippen LogP contribution >= 0.6 is 0 Å². The standard InChI is InChI=1S/C35H31F9N2O2/c1-17-8-18(2)30(19(3)9-17)23-13-28(32(48-5)46-16-23)27-7-6-24(33(36,37)38)10-21(27)14-29(45)20(4)31(47)22-11-25(34(39,40)41)15-26(12-22)35(42,43)44/h6-13,15-16,20,31,45,47H,14H2,1-5H3/t20-,31+/m1/s1. The number of hydrogen-bond donors (Lipinski definition) is 2. The number of rotatable bonds is 8. The number of aromatic nitrogens is 1. The number of aryl methyl sites for hydroxylation is 3. The van der Waals surface area contributed by atoms with Crippen LogP contribution in [-0.2, 0) is 24.9 Å². The monoisotopic (exact) mass is 682 g/mol. The number of methoxy groups -OCH3 is 1. The third-order valence-electron chi connectivity index (χ3n) is 8.09. The van der Waals surface area contributed by atoms with Crippen molar-refractivity contribution in [2.45, 2.75) is 58.7 Å². The SMILES string of the molecule is COc1ncc(-c2c(C)cc(C)cc2C)cc1-c1ccc(C(F)(F)F)cc1CC(=N)[C@@H](C)[C@H](O)c1cc(C(F)(F)F)cc(C(F)(F)F)c1. The van der Waals surface area contributed by atoms with Crippen LogP contribution in [0.5, 0.6) is 5.88 Å². The number of pyridine rings is 1. The van der Waals surface area contributed by atoms with Gasteiger partial charge in [-0.05, 0) is 90.6 Å². The number of hydrogen-bond acceptors (Lipinski definition) is 4. The van der Waals surface area contributed by atoms with Gasteiger partial charge >= 0.3 is 18.5 Å². The Bertz CT molecular complexity index is 1790. The zero-order valence-corrected chi connectivity index (χ0v) is 26.3. The first-order valence-corrected chi connectivity index (χ1v) is 14.5. The van der Waals surface area contributed by atoms with E-state index in [2.05, 4.69) is 4.98 Å². The lowest BCUT2D eigenvalue weighted by atomic mass is 9.86. The Labute approximate surface area is 270 Å². The van der Waals surface area contributed by atoms with Gasteiger partial charge in [0, 0.05) is 35.4 Å². The normalized spacial score (nSPS) is 13.7. The molecule has 2 atom stereocenters. The van der Waals surface area contributed by atoms with E-state index in [-0.39, 0.29) is 28.6 Å². The highest BCUT2D eigenvalue weighted by Crippen LogP contribution is 2.41. The molecule has 1 aromatic heterocycles. The van der Waals surface area contributed by atoms with Gasteiger partial charge in [-0.15, -0.1) is 0 Å². The molecule has 0 saturated heterocycles. The first-order valence-electron chi connectivity index (χ1n) is 14.5. The van der Waals surface area contributed by atoms with Gasteiger partial charge in [-0.2, -0.15) is 39.5 Å². The van der Waals surface area contributed by atoms with E-state index in [1.807, 2.05) is 32.9 Å². The van der Waals surface area contributed by atoms with E-state index in [0.29, 0.717) is 17.7 Å². The molecule has 0 radical (unpaired) electrons. The van der Waals surface area contributed by atoms with Gasteiger partial charge in [0.05, 0.1) is 29.9 Å². The van der Waals surface area contributed by atoms with Crippen molar-refractivity contribution in [3.05, 3.63) is 105 Å². The summed E-state index contributed by atoms with van der Waals surface area (Å²) in [4.78, 5) is 4.38. The molecule has 256 valence electrons. The summed E-state index contributed by atoms with van der Waals surface area (Å²) in [7, 11) is 1.32. The van der Waals surface area contributed by atoms with Gasteiger partial charge in [0.2, 0.25) is 5.88 Å². The number of aliphatic hydroxyl groups excluding tert-OH is 1. The average Bonchev–Trinajstić information content (AvgIpc) is 2.98. The number of ether oxygens (including phenoxy) is 1. The number of benzene rings is 3. The molecule has 4 aromatic rings. The zero-order chi connectivity index (χ0) is 35.9. The minimum Gasteiger partial charge on any atom is -0.481 e. The van der Waals surface area contributed by atoms with E-state index in [1.165, 1.54) is 20.1 Å². The third-order valence-corrected chi connectivity index (χ3v) is 8.09. The summed E-state index contributed by atoms with van der Waals surface area (Å²) in [6, 6.07) is 9.08. The molecule has 0 saturated carbocycles. The highest BCUT2D eigenvalue weighted by Gasteiger charge is 2.38. The van der Waals surface area contributed by atoms with Gasteiger partial charge in [-0.1, -0.05) is 30.7 Å². The van der Waals surface area contributed by atoms with Crippen LogP contribution in [0, 0.1) is 32.1 Å². The Morgan fingerprint density at radius 1 is 0.771 bits per heavy atom. The molecule has 0 fully saturated rings. The Hall–Kier alpha value is -4.39. The van der Waals surface area contributed by atoms with Crippen molar-refractivity contribution >= 4 is 5.71 Å². The molecule has 1 heterocycles. The van der Waals surface area contributed by atoms with Gasteiger partial charge in [0.1, 0.15) is 0 Å². The van der Waals surface area contributed by atoms with E-state index in [4.69, 9.17) is 10.1 Å². The van der Waals surface area contributed by atoms with Crippen LogP contribution < -0.4 is 4.74 Å². The van der Waals surface area contributed by atoms with E-state index < -0.39 is 64.9 Å². The number of halogens is 9. The van der Waals surface area contributed by atoms with E-state index in [0.717, 1.165) is 34.4 Å². The molecule has 0 amide bonds. The van der Waals surface area contributed by atoms with Crippen molar-refractivity contribution in [1.29, 1.82) is 5.41 Å². The summed E-state index contributed by atoms with van der Waals surface area (Å²) in [6.45, 7) is 6.93. The largest absolute Gasteiger partial charge is 0.481 e. The topological polar surface area (TPSA) is 66.2 Å². The van der Waals surface area contributed by atoms with Crippen LogP contribution in [0.1, 0.15) is 57.5 Å². The van der Waals surface area contributed by atoms with Crippen molar-refractivity contribution in [1.82, 2.24) is 4.98 Å². The van der Waals surface area contributed by atoms with Crippen LogP contribution in [0.15, 0.2) is 60.8 Å². The summed E-state index contributed by atoms with van der Waals surface area (Å²) in [5.74, 6) is -1.34. The van der Waals surface area contributed by atoms with Crippen LogP contribution in [-0.4, -0.2) is 22.9 Å². The minimum atomic E-state index is -5.17. The maximum Gasteiger partial charge on any atom is 0.416 e. The second-order valence-electron chi connectivity index (χ2n) is 11.7. The van der Waals surface area contributed by atoms with Crippen LogP contribution in [0.2, 0.25) is 0 Å². The van der Waals surface area contributed by atoms with Crippen LogP contribution in [0.4, 0.5) is 39.5 Å². The fraction of sp³-hybridized carbons (Fsp3) is 0.314. The maximum atomic E-state index is 13.9. The van der Waals surface area contributed by atoms with Crippen molar-refractivity contribution in [3.63, 3.8) is 0 Å². The van der Waals surface area contributed by atoms with Gasteiger partial charge in [-0.3, -0.25) is 0 Å². The van der Waals surface area contributed by atoms with E-state index >= 15 is 0 Å². The lowest BCUT2D eigenvalue weighted by molar-refractivity contribution is -0.143. The molecule has 0 aliphatic carbocycles. The van der Waals surface area contributed by atoms with E-state index in [1.54, 1.807) is 12.3 Å². The summed E-state index contributed by atoms with van der Waals surface area (Å²) < 4.78 is 128. The highest BCUT2D eigenvalue weighted by molar-refractivity contribution is 5.89. The molecule has 2 N–H and O–H groups in total. The quantitative estimate of drug-likeness (QED) is 0.144. The fourth-order valence-corrected chi connectivity index (χ4v) is 5.75. The Morgan fingerprint density at radius 2 is 1.31 bits per heavy atom. The van der Waals surface area contributed by atoms with Crippen molar-refractivity contribution < 1.29 is 49.4 Å². The van der Waals surface area contributed by atoms with Crippen molar-refractivity contribution in [2.75, 3.05) is 7.11 Å². The smallest absolute Gasteiger partial charge is 0.416 e. The maximum absolute atomic E-state index is 13.9. The summed E-state index contributed by atoms with van der Waals surface area (Å²) in [6.07, 6.45) is -16.1. The van der Waals surface area contributed by atoms with Gasteiger partial charge < -0.3 is 15.3 Å². The van der Waals surface area contributed by atoms with Gasteiger partial charge in [-0.25, -0.2) is 4.98 Å². The molecule has 4 nitrogen and oxygen atoms in total. The molecule has 48 heavy (non-hydrogen) atoms. The van der Waals surface area contributed by atoms with Gasteiger partial charge in [0.15, 0.2) is 0 Å². The number of aliphatic hydroxyl groups is 1. The minimum absolute atomic E-state index is 0.0523. The summed E-state index contributed by atoms with van der Waals surface area (Å²) in [5, 5.41) is 19.6. The molecule has 3 aromatic carbocycles. The molecule has 0 unspecified atom stereocenters. The molecule has 4 rings (SSSR count). The number of nitrogens with zero attached hydrogens (tertiary/aromatic N) is 1. The Balaban J connectivity index is 1.81. The molecule has 0 aliphatic rings. The molecular weight excluding hydrogens is 651 g/mol. The molecule has 0 spiro atoms. The van der Waals surface area contributed by atoms with Crippen molar-refractivity contribution in [3.8, 4) is 28.1 Å². The van der Waals surface area contributed by atoms with Gasteiger partial charge in [0.25, 0.3) is 0 Å². The Kier molecular flexibility index (Phi) is 10.1. The second kappa shape index (κ2) is 13.3. The molecule has 0 aliphatic heterocycles. The third kappa shape index (κ3) is 7.83. The molecular formula is C35H31F9N2O2. The fourth-order valence-electron chi connectivity index (χ4n) is 5.75. The van der Waals surface area contributed by atoms with Crippen molar-refractivity contribution in [2.24, 2.45) is 5.92 Å². The Morgan fingerprint density at radius 3 is 1.81 bits per heavy atom. The zero-order valence-electron chi connectivity index (χ0n) is 26.3.